The summed E-state index contributed by atoms with van der Waals surface area (Å²) in [7, 11) is -2.90. The Morgan fingerprint density at radius 2 is 1.61 bits per heavy atom. The molecule has 0 aliphatic carbocycles. The van der Waals surface area contributed by atoms with Crippen molar-refractivity contribution in [3.05, 3.63) is 98.5 Å². The highest BCUT2D eigenvalue weighted by Crippen LogP contribution is 2.37. The normalized spacial score (nSPS) is 12.5. The maximum absolute atomic E-state index is 13.9. The maximum atomic E-state index is 13.9. The van der Waals surface area contributed by atoms with E-state index in [2.05, 4.69) is 5.32 Å². The van der Waals surface area contributed by atoms with Gasteiger partial charge in [-0.25, -0.2) is 8.42 Å². The standard InChI is InChI=1S/C27H25Cl3F3N3O4S/c1-34-26(38)24(12-17-6-4-3-5-7-17)35(15-18-8-9-19(28)13-23(18)30)25(37)16-36(41(2,39)40)20-10-11-22(29)21(14-20)27(31,32)33/h3-11,13-14,24H,12,15-16H2,1-2H3,(H,34,38). The summed E-state index contributed by atoms with van der Waals surface area (Å²) in [5.74, 6) is -1.42. The summed E-state index contributed by atoms with van der Waals surface area (Å²) in [5.41, 5.74) is -0.590. The number of sulfonamides is 1. The van der Waals surface area contributed by atoms with Crippen LogP contribution in [0.1, 0.15) is 16.7 Å². The second-order valence-corrected chi connectivity index (χ2v) is 12.2. The summed E-state index contributed by atoms with van der Waals surface area (Å²) in [6.45, 7) is -1.14. The van der Waals surface area contributed by atoms with E-state index in [0.29, 0.717) is 26.5 Å². The average molecular weight is 651 g/mol. The van der Waals surface area contributed by atoms with Gasteiger partial charge in [0.25, 0.3) is 0 Å². The predicted octanol–water partition coefficient (Wildman–Crippen LogP) is 5.82. The Labute approximate surface area is 250 Å². The van der Waals surface area contributed by atoms with Crippen LogP contribution in [0.4, 0.5) is 18.9 Å². The summed E-state index contributed by atoms with van der Waals surface area (Å²) in [5, 5.41) is 2.40. The molecule has 7 nitrogen and oxygen atoms in total. The molecule has 0 spiro atoms. The minimum absolute atomic E-state index is 0.0511. The summed E-state index contributed by atoms with van der Waals surface area (Å²) >= 11 is 18.1. The van der Waals surface area contributed by atoms with Crippen molar-refractivity contribution in [2.45, 2.75) is 25.2 Å². The molecule has 1 atom stereocenters. The minimum atomic E-state index is -4.88. The van der Waals surface area contributed by atoms with E-state index in [-0.39, 0.29) is 18.0 Å². The van der Waals surface area contributed by atoms with Gasteiger partial charge >= 0.3 is 6.18 Å². The minimum Gasteiger partial charge on any atom is -0.357 e. The molecule has 220 valence electrons. The number of benzene rings is 3. The van der Waals surface area contributed by atoms with Crippen LogP contribution in [0.5, 0.6) is 0 Å². The molecule has 0 radical (unpaired) electrons. The fourth-order valence-electron chi connectivity index (χ4n) is 4.05. The molecule has 3 aromatic carbocycles. The number of carbonyl (C=O) groups is 2. The monoisotopic (exact) mass is 649 g/mol. The van der Waals surface area contributed by atoms with Crippen LogP contribution in [-0.4, -0.2) is 51.0 Å². The lowest BCUT2D eigenvalue weighted by atomic mass is 10.0. The smallest absolute Gasteiger partial charge is 0.357 e. The van der Waals surface area contributed by atoms with Crippen LogP contribution in [0.15, 0.2) is 66.7 Å². The van der Waals surface area contributed by atoms with Crippen molar-refractivity contribution in [1.82, 2.24) is 10.2 Å². The van der Waals surface area contributed by atoms with E-state index >= 15 is 0 Å². The number of rotatable bonds is 10. The molecule has 1 unspecified atom stereocenters. The van der Waals surface area contributed by atoms with E-state index in [9.17, 15) is 31.2 Å². The predicted molar refractivity (Wildman–Crippen MR) is 154 cm³/mol. The molecule has 2 amide bonds. The first kappa shape index (κ1) is 32.5. The van der Waals surface area contributed by atoms with Gasteiger partial charge in [-0.15, -0.1) is 0 Å². The Kier molecular flexibility index (Phi) is 10.6. The lowest BCUT2D eigenvalue weighted by molar-refractivity contribution is -0.139. The number of carbonyl (C=O) groups excluding carboxylic acids is 2. The zero-order valence-electron chi connectivity index (χ0n) is 21.8. The Morgan fingerprint density at radius 1 is 0.951 bits per heavy atom. The van der Waals surface area contributed by atoms with Crippen LogP contribution >= 0.6 is 34.8 Å². The van der Waals surface area contributed by atoms with Gasteiger partial charge in [0.15, 0.2) is 0 Å². The van der Waals surface area contributed by atoms with E-state index in [4.69, 9.17) is 34.8 Å². The number of nitrogens with one attached hydrogen (secondary N) is 1. The number of alkyl halides is 3. The van der Waals surface area contributed by atoms with E-state index in [1.54, 1.807) is 36.4 Å². The maximum Gasteiger partial charge on any atom is 0.417 e. The molecule has 0 heterocycles. The van der Waals surface area contributed by atoms with E-state index in [1.165, 1.54) is 19.2 Å². The lowest BCUT2D eigenvalue weighted by Gasteiger charge is -2.33. The van der Waals surface area contributed by atoms with Crippen molar-refractivity contribution in [3.8, 4) is 0 Å². The Morgan fingerprint density at radius 3 is 2.17 bits per heavy atom. The van der Waals surface area contributed by atoms with Gasteiger partial charge in [-0.3, -0.25) is 13.9 Å². The second kappa shape index (κ2) is 13.3. The van der Waals surface area contributed by atoms with Gasteiger partial charge in [0.1, 0.15) is 12.6 Å². The van der Waals surface area contributed by atoms with Gasteiger partial charge in [0, 0.05) is 30.1 Å². The van der Waals surface area contributed by atoms with E-state index in [0.717, 1.165) is 23.3 Å². The van der Waals surface area contributed by atoms with Crippen LogP contribution in [0.3, 0.4) is 0 Å². The molecule has 14 heteroatoms. The van der Waals surface area contributed by atoms with E-state index < -0.39 is 56.9 Å². The Bertz CT molecular complexity index is 1520. The molecule has 41 heavy (non-hydrogen) atoms. The summed E-state index contributed by atoms with van der Waals surface area (Å²) in [6, 6.07) is 14.7. The van der Waals surface area contributed by atoms with Crippen molar-refractivity contribution in [2.24, 2.45) is 0 Å². The second-order valence-electron chi connectivity index (χ2n) is 9.01. The van der Waals surface area contributed by atoms with Crippen LogP contribution in [0, 0.1) is 0 Å². The van der Waals surface area contributed by atoms with Crippen LogP contribution < -0.4 is 9.62 Å². The molecule has 0 saturated carbocycles. The molecule has 0 bridgehead atoms. The summed E-state index contributed by atoms with van der Waals surface area (Å²) < 4.78 is 66.7. The molecule has 0 aliphatic heterocycles. The molecule has 0 aliphatic rings. The van der Waals surface area contributed by atoms with Crippen molar-refractivity contribution in [1.29, 1.82) is 0 Å². The van der Waals surface area contributed by atoms with Gasteiger partial charge in [-0.1, -0.05) is 71.2 Å². The fourth-order valence-corrected chi connectivity index (χ4v) is 5.59. The molecular formula is C27H25Cl3F3N3O4S. The molecule has 3 rings (SSSR count). The number of halogens is 6. The zero-order chi connectivity index (χ0) is 30.5. The molecule has 1 N–H and O–H groups in total. The highest BCUT2D eigenvalue weighted by molar-refractivity contribution is 7.92. The van der Waals surface area contributed by atoms with Crippen LogP contribution in [0.2, 0.25) is 15.1 Å². The molecule has 0 aromatic heterocycles. The molecule has 3 aromatic rings. The average Bonchev–Trinajstić information content (AvgIpc) is 2.89. The lowest BCUT2D eigenvalue weighted by Crippen LogP contribution is -2.53. The number of hydrogen-bond donors (Lipinski definition) is 1. The SMILES string of the molecule is CNC(=O)C(Cc1ccccc1)N(Cc1ccc(Cl)cc1Cl)C(=O)CN(c1ccc(Cl)c(C(F)(F)F)c1)S(C)(=O)=O. The van der Waals surface area contributed by atoms with Crippen molar-refractivity contribution < 1.29 is 31.2 Å². The largest absolute Gasteiger partial charge is 0.417 e. The van der Waals surface area contributed by atoms with Gasteiger partial charge in [-0.05, 0) is 41.5 Å². The first-order chi connectivity index (χ1) is 19.1. The third kappa shape index (κ3) is 8.51. The van der Waals surface area contributed by atoms with Crippen molar-refractivity contribution in [3.63, 3.8) is 0 Å². The van der Waals surface area contributed by atoms with Crippen LogP contribution in [0.25, 0.3) is 0 Å². The number of nitrogens with zero attached hydrogens (tertiary/aromatic N) is 2. The first-order valence-electron chi connectivity index (χ1n) is 11.9. The first-order valence-corrected chi connectivity index (χ1v) is 14.9. The third-order valence-electron chi connectivity index (χ3n) is 6.10. The van der Waals surface area contributed by atoms with E-state index in [1.807, 2.05) is 0 Å². The summed E-state index contributed by atoms with van der Waals surface area (Å²) in [6.07, 6.45) is -4.07. The van der Waals surface area contributed by atoms with Crippen molar-refractivity contribution in [2.75, 3.05) is 24.2 Å². The quantitative estimate of drug-likeness (QED) is 0.300. The number of likely N-dealkylation sites (N-methyl/N-ethyl adjacent to an activating group) is 1. The Balaban J connectivity index is 2.10. The molecule has 0 fully saturated rings. The number of anilines is 1. The Hall–Kier alpha value is -2.99. The fraction of sp³-hybridized carbons (Fsp3) is 0.259. The van der Waals surface area contributed by atoms with Gasteiger partial charge in [0.2, 0.25) is 21.8 Å². The third-order valence-corrected chi connectivity index (χ3v) is 8.15. The summed E-state index contributed by atoms with van der Waals surface area (Å²) in [4.78, 5) is 28.1. The molecule has 0 saturated heterocycles. The highest BCUT2D eigenvalue weighted by atomic mass is 35.5. The van der Waals surface area contributed by atoms with Crippen LogP contribution in [-0.2, 0) is 38.8 Å². The van der Waals surface area contributed by atoms with Gasteiger partial charge < -0.3 is 10.2 Å². The molecular weight excluding hydrogens is 626 g/mol. The van der Waals surface area contributed by atoms with Gasteiger partial charge in [-0.2, -0.15) is 13.2 Å². The number of amides is 2. The topological polar surface area (TPSA) is 86.8 Å². The van der Waals surface area contributed by atoms with Gasteiger partial charge in [0.05, 0.1) is 22.5 Å². The number of hydrogen-bond acceptors (Lipinski definition) is 4. The van der Waals surface area contributed by atoms with Crippen molar-refractivity contribution >= 4 is 62.3 Å². The zero-order valence-corrected chi connectivity index (χ0v) is 24.8. The highest BCUT2D eigenvalue weighted by Gasteiger charge is 2.36.